The average Bonchev–Trinajstić information content (AvgIpc) is 3.35. The van der Waals surface area contributed by atoms with Crippen molar-refractivity contribution in [3.05, 3.63) is 65.9 Å². The predicted octanol–water partition coefficient (Wildman–Crippen LogP) is 3.17. The molecule has 26 heavy (non-hydrogen) atoms. The third-order valence-corrected chi connectivity index (χ3v) is 4.57. The fraction of sp³-hybridized carbons (Fsp3) is 0.238. The first-order valence-electron chi connectivity index (χ1n) is 8.90. The molecule has 3 aromatic rings. The molecule has 1 saturated carbocycles. The Hall–Kier alpha value is -3.08. The molecule has 4 rings (SSSR count). The zero-order valence-electron chi connectivity index (χ0n) is 14.4. The number of amides is 2. The van der Waals surface area contributed by atoms with E-state index in [1.807, 2.05) is 54.7 Å². The Bertz CT molecular complexity index is 939. The van der Waals surface area contributed by atoms with Crippen LogP contribution in [-0.4, -0.2) is 22.8 Å². The molecule has 0 bridgehead atoms. The lowest BCUT2D eigenvalue weighted by atomic mass is 10.1. The summed E-state index contributed by atoms with van der Waals surface area (Å²) in [5.41, 5.74) is 3.69. The van der Waals surface area contributed by atoms with Gasteiger partial charge in [0.05, 0.1) is 12.8 Å². The van der Waals surface area contributed by atoms with Crippen LogP contribution < -0.4 is 10.6 Å². The molecular weight excluding hydrogens is 326 g/mol. The summed E-state index contributed by atoms with van der Waals surface area (Å²) < 4.78 is 0. The van der Waals surface area contributed by atoms with E-state index in [4.69, 9.17) is 0 Å². The van der Waals surface area contributed by atoms with Crippen molar-refractivity contribution >= 4 is 28.4 Å². The van der Waals surface area contributed by atoms with Crippen LogP contribution in [0, 0.1) is 0 Å². The fourth-order valence-electron chi connectivity index (χ4n) is 3.05. The normalized spacial score (nSPS) is 13.5. The zero-order valence-corrected chi connectivity index (χ0v) is 14.4. The molecule has 2 aromatic carbocycles. The highest BCUT2D eigenvalue weighted by Crippen LogP contribution is 2.20. The summed E-state index contributed by atoms with van der Waals surface area (Å²) in [5, 5.41) is 6.96. The van der Waals surface area contributed by atoms with E-state index < -0.39 is 0 Å². The summed E-state index contributed by atoms with van der Waals surface area (Å²) in [6, 6.07) is 15.8. The molecule has 0 aliphatic heterocycles. The summed E-state index contributed by atoms with van der Waals surface area (Å²) in [5.74, 6) is -0.00222. The number of hydrogen-bond donors (Lipinski definition) is 3. The highest BCUT2D eigenvalue weighted by molar-refractivity contribution is 5.95. The highest BCUT2D eigenvalue weighted by Gasteiger charge is 2.23. The lowest BCUT2D eigenvalue weighted by Crippen LogP contribution is -2.26. The minimum Gasteiger partial charge on any atom is -0.361 e. The van der Waals surface area contributed by atoms with Crippen LogP contribution in [-0.2, 0) is 22.4 Å². The molecule has 5 heteroatoms. The number of hydrogen-bond acceptors (Lipinski definition) is 2. The number of para-hydroxylation sites is 1. The molecule has 2 amide bonds. The minimum absolute atomic E-state index is 0.0589. The van der Waals surface area contributed by atoms with Crippen LogP contribution >= 0.6 is 0 Å². The second-order valence-corrected chi connectivity index (χ2v) is 6.80. The topological polar surface area (TPSA) is 74.0 Å². The number of carbonyl (C=O) groups excluding carboxylic acids is 2. The van der Waals surface area contributed by atoms with Crippen LogP contribution in [0.25, 0.3) is 10.9 Å². The van der Waals surface area contributed by atoms with Gasteiger partial charge in [-0.1, -0.05) is 30.3 Å². The van der Waals surface area contributed by atoms with Gasteiger partial charge in [0, 0.05) is 28.8 Å². The van der Waals surface area contributed by atoms with Gasteiger partial charge < -0.3 is 15.6 Å². The van der Waals surface area contributed by atoms with Crippen molar-refractivity contribution in [3.63, 3.8) is 0 Å². The van der Waals surface area contributed by atoms with E-state index in [1.54, 1.807) is 0 Å². The second kappa shape index (κ2) is 7.04. The minimum atomic E-state index is -0.0611. The molecule has 1 fully saturated rings. The third kappa shape index (κ3) is 3.94. The van der Waals surface area contributed by atoms with E-state index in [-0.39, 0.29) is 11.8 Å². The summed E-state index contributed by atoms with van der Waals surface area (Å²) in [7, 11) is 0. The van der Waals surface area contributed by atoms with E-state index in [9.17, 15) is 9.59 Å². The number of aromatic amines is 1. The number of nitrogens with one attached hydrogen (secondary N) is 3. The van der Waals surface area contributed by atoms with E-state index in [1.165, 1.54) is 0 Å². The van der Waals surface area contributed by atoms with Crippen LogP contribution in [0.5, 0.6) is 0 Å². The van der Waals surface area contributed by atoms with Gasteiger partial charge >= 0.3 is 0 Å². The maximum atomic E-state index is 12.3. The standard InChI is InChI=1S/C21H21N3O2/c25-20(23-17-9-10-17)11-14-5-7-16(8-6-14)24-21(26)12-15-13-22-19-4-2-1-3-18(15)19/h1-8,13,17,22H,9-12H2,(H,23,25)(H,24,26). The molecule has 0 atom stereocenters. The van der Waals surface area contributed by atoms with Crippen LogP contribution in [0.2, 0.25) is 0 Å². The summed E-state index contributed by atoms with van der Waals surface area (Å²) in [4.78, 5) is 27.3. The number of carbonyl (C=O) groups is 2. The molecule has 1 aromatic heterocycles. The van der Waals surface area contributed by atoms with Gasteiger partial charge in [0.15, 0.2) is 0 Å². The van der Waals surface area contributed by atoms with E-state index in [0.717, 1.165) is 40.6 Å². The Morgan fingerprint density at radius 2 is 1.73 bits per heavy atom. The lowest BCUT2D eigenvalue weighted by Gasteiger charge is -2.07. The van der Waals surface area contributed by atoms with Crippen LogP contribution in [0.4, 0.5) is 5.69 Å². The lowest BCUT2D eigenvalue weighted by molar-refractivity contribution is -0.120. The van der Waals surface area contributed by atoms with Crippen LogP contribution in [0.15, 0.2) is 54.7 Å². The zero-order chi connectivity index (χ0) is 17.9. The summed E-state index contributed by atoms with van der Waals surface area (Å²) in [6.07, 6.45) is 4.75. The van der Waals surface area contributed by atoms with E-state index >= 15 is 0 Å². The first-order chi connectivity index (χ1) is 12.7. The van der Waals surface area contributed by atoms with Gasteiger partial charge in [-0.25, -0.2) is 0 Å². The van der Waals surface area contributed by atoms with E-state index in [2.05, 4.69) is 15.6 Å². The molecule has 0 unspecified atom stereocenters. The van der Waals surface area contributed by atoms with Crippen molar-refractivity contribution in [3.8, 4) is 0 Å². The van der Waals surface area contributed by atoms with Gasteiger partial charge in [-0.15, -0.1) is 0 Å². The number of aromatic nitrogens is 1. The Morgan fingerprint density at radius 1 is 0.962 bits per heavy atom. The smallest absolute Gasteiger partial charge is 0.228 e. The van der Waals surface area contributed by atoms with Crippen molar-refractivity contribution in [1.29, 1.82) is 0 Å². The summed E-state index contributed by atoms with van der Waals surface area (Å²) in [6.45, 7) is 0. The summed E-state index contributed by atoms with van der Waals surface area (Å²) >= 11 is 0. The molecule has 0 radical (unpaired) electrons. The molecule has 0 spiro atoms. The molecule has 5 nitrogen and oxygen atoms in total. The van der Waals surface area contributed by atoms with Gasteiger partial charge in [-0.2, -0.15) is 0 Å². The highest BCUT2D eigenvalue weighted by atomic mass is 16.2. The molecule has 1 aliphatic rings. The van der Waals surface area contributed by atoms with Gasteiger partial charge in [-0.3, -0.25) is 9.59 Å². The number of benzene rings is 2. The van der Waals surface area contributed by atoms with Gasteiger partial charge in [0.2, 0.25) is 11.8 Å². The monoisotopic (exact) mass is 347 g/mol. The van der Waals surface area contributed by atoms with Crippen molar-refractivity contribution in [2.24, 2.45) is 0 Å². The molecule has 3 N–H and O–H groups in total. The number of anilines is 1. The second-order valence-electron chi connectivity index (χ2n) is 6.80. The van der Waals surface area contributed by atoms with Crippen molar-refractivity contribution in [1.82, 2.24) is 10.3 Å². The Balaban J connectivity index is 1.34. The number of H-pyrrole nitrogens is 1. The van der Waals surface area contributed by atoms with E-state index in [0.29, 0.717) is 18.9 Å². The number of rotatable bonds is 6. The largest absolute Gasteiger partial charge is 0.361 e. The quantitative estimate of drug-likeness (QED) is 0.641. The fourth-order valence-corrected chi connectivity index (χ4v) is 3.05. The third-order valence-electron chi connectivity index (χ3n) is 4.57. The Labute approximate surface area is 151 Å². The maximum absolute atomic E-state index is 12.3. The molecule has 1 aliphatic carbocycles. The predicted molar refractivity (Wildman–Crippen MR) is 102 cm³/mol. The van der Waals surface area contributed by atoms with Gasteiger partial charge in [0.1, 0.15) is 0 Å². The van der Waals surface area contributed by atoms with Gasteiger partial charge in [0.25, 0.3) is 0 Å². The van der Waals surface area contributed by atoms with Crippen molar-refractivity contribution < 1.29 is 9.59 Å². The molecule has 1 heterocycles. The van der Waals surface area contributed by atoms with Crippen LogP contribution in [0.3, 0.4) is 0 Å². The maximum Gasteiger partial charge on any atom is 0.228 e. The SMILES string of the molecule is O=C(Cc1c[nH]c2ccccc12)Nc1ccc(CC(=O)NC2CC2)cc1. The molecule has 132 valence electrons. The Kier molecular flexibility index (Phi) is 4.44. The number of fused-ring (bicyclic) bond motifs is 1. The van der Waals surface area contributed by atoms with Crippen molar-refractivity contribution in [2.45, 2.75) is 31.7 Å². The van der Waals surface area contributed by atoms with Gasteiger partial charge in [-0.05, 0) is 42.2 Å². The average molecular weight is 347 g/mol. The van der Waals surface area contributed by atoms with Crippen molar-refractivity contribution in [2.75, 3.05) is 5.32 Å². The van der Waals surface area contributed by atoms with Crippen LogP contribution in [0.1, 0.15) is 24.0 Å². The molecule has 0 saturated heterocycles. The first-order valence-corrected chi connectivity index (χ1v) is 8.90. The Morgan fingerprint density at radius 3 is 2.50 bits per heavy atom. The molecular formula is C21H21N3O2. The first kappa shape index (κ1) is 16.4.